The molecule has 0 aliphatic rings. The molecule has 0 fully saturated rings. The molecule has 8 heteroatoms. The molecule has 0 aliphatic heterocycles. The van der Waals surface area contributed by atoms with E-state index in [9.17, 15) is 9.59 Å². The van der Waals surface area contributed by atoms with E-state index in [1.165, 1.54) is 7.11 Å². The Hall–Kier alpha value is -4.46. The zero-order valence-corrected chi connectivity index (χ0v) is 18.0. The van der Waals surface area contributed by atoms with Crippen molar-refractivity contribution in [3.05, 3.63) is 89.4 Å². The van der Waals surface area contributed by atoms with Gasteiger partial charge in [-0.05, 0) is 41.5 Å². The summed E-state index contributed by atoms with van der Waals surface area (Å²) < 4.78 is 5.61. The number of hydrogen-bond acceptors (Lipinski definition) is 5. The number of fused-ring (bicyclic) bond motifs is 1. The number of hydrogen-bond donors (Lipinski definition) is 3. The molecular weight excluding hydrogens is 418 g/mol. The molecule has 2 aromatic carbocycles. The number of methoxy groups -OCH3 is 1. The zero-order valence-electron chi connectivity index (χ0n) is 18.0. The van der Waals surface area contributed by atoms with Crippen LogP contribution in [0.2, 0.25) is 0 Å². The number of carbonyl (C=O) groups is 2. The SMILES string of the molecule is COc1c(C(=O)NC(Cc2ccccc2)C(N)=O)ccc2[nH]nc(C=Cc3ccncc3)c12. The van der Waals surface area contributed by atoms with Crippen LogP contribution in [0, 0.1) is 0 Å². The molecular formula is C25H23N5O3. The summed E-state index contributed by atoms with van der Waals surface area (Å²) >= 11 is 0. The number of H-pyrrole nitrogens is 1. The van der Waals surface area contributed by atoms with Gasteiger partial charge in [0.25, 0.3) is 5.91 Å². The number of amides is 2. The van der Waals surface area contributed by atoms with Gasteiger partial charge in [0.05, 0.1) is 29.3 Å². The molecule has 166 valence electrons. The largest absolute Gasteiger partial charge is 0.495 e. The van der Waals surface area contributed by atoms with Gasteiger partial charge >= 0.3 is 0 Å². The molecule has 0 bridgehead atoms. The van der Waals surface area contributed by atoms with E-state index >= 15 is 0 Å². The predicted molar refractivity (Wildman–Crippen MR) is 126 cm³/mol. The van der Waals surface area contributed by atoms with Gasteiger partial charge in [0.2, 0.25) is 5.91 Å². The maximum atomic E-state index is 13.1. The van der Waals surface area contributed by atoms with E-state index < -0.39 is 17.9 Å². The summed E-state index contributed by atoms with van der Waals surface area (Å²) in [6.45, 7) is 0. The van der Waals surface area contributed by atoms with E-state index in [0.29, 0.717) is 22.3 Å². The Balaban J connectivity index is 1.64. The third-order valence-electron chi connectivity index (χ3n) is 5.23. The van der Waals surface area contributed by atoms with Gasteiger partial charge < -0.3 is 15.8 Å². The van der Waals surface area contributed by atoms with Crippen LogP contribution < -0.4 is 15.8 Å². The molecule has 33 heavy (non-hydrogen) atoms. The number of nitrogens with zero attached hydrogens (tertiary/aromatic N) is 2. The van der Waals surface area contributed by atoms with Gasteiger partial charge in [0.1, 0.15) is 11.8 Å². The van der Waals surface area contributed by atoms with Crippen molar-refractivity contribution in [3.8, 4) is 5.75 Å². The molecule has 1 unspecified atom stereocenters. The van der Waals surface area contributed by atoms with Crippen LogP contribution in [0.15, 0.2) is 67.0 Å². The summed E-state index contributed by atoms with van der Waals surface area (Å²) in [6, 6.07) is 15.6. The lowest BCUT2D eigenvalue weighted by Gasteiger charge is -2.17. The fourth-order valence-corrected chi connectivity index (χ4v) is 3.58. The third kappa shape index (κ3) is 4.90. The van der Waals surface area contributed by atoms with Crippen molar-refractivity contribution in [2.24, 2.45) is 5.73 Å². The number of nitrogens with two attached hydrogens (primary N) is 1. The lowest BCUT2D eigenvalue weighted by molar-refractivity contribution is -0.119. The number of carbonyl (C=O) groups excluding carboxylic acids is 2. The van der Waals surface area contributed by atoms with Crippen molar-refractivity contribution >= 4 is 34.9 Å². The fourth-order valence-electron chi connectivity index (χ4n) is 3.58. The van der Waals surface area contributed by atoms with Crippen molar-refractivity contribution in [2.75, 3.05) is 7.11 Å². The number of rotatable bonds is 8. The van der Waals surface area contributed by atoms with Crippen LogP contribution in [-0.4, -0.2) is 40.1 Å². The number of aromatic nitrogens is 3. The van der Waals surface area contributed by atoms with Gasteiger partial charge in [-0.3, -0.25) is 19.7 Å². The quantitative estimate of drug-likeness (QED) is 0.388. The number of ether oxygens (including phenoxy) is 1. The van der Waals surface area contributed by atoms with E-state index in [1.807, 2.05) is 54.6 Å². The maximum Gasteiger partial charge on any atom is 0.255 e. The highest BCUT2D eigenvalue weighted by Gasteiger charge is 2.23. The molecule has 0 saturated heterocycles. The fraction of sp³-hybridized carbons (Fsp3) is 0.120. The van der Waals surface area contributed by atoms with Crippen molar-refractivity contribution in [1.82, 2.24) is 20.5 Å². The van der Waals surface area contributed by atoms with E-state index in [4.69, 9.17) is 10.5 Å². The van der Waals surface area contributed by atoms with Gasteiger partial charge in [-0.15, -0.1) is 0 Å². The number of benzene rings is 2. The molecule has 0 radical (unpaired) electrons. The molecule has 2 aromatic heterocycles. The standard InChI is InChI=1S/C25H23N5O3/c1-33-23-18(25(32)28-21(24(26)31)15-17-5-3-2-4-6-17)8-10-20-22(23)19(29-30-20)9-7-16-11-13-27-14-12-16/h2-14,21H,15H2,1H3,(H2,26,31)(H,28,32)(H,29,30). The van der Waals surface area contributed by atoms with Gasteiger partial charge in [0.15, 0.2) is 0 Å². The second-order valence-corrected chi connectivity index (χ2v) is 7.41. The Morgan fingerprint density at radius 2 is 1.85 bits per heavy atom. The summed E-state index contributed by atoms with van der Waals surface area (Å²) in [6.07, 6.45) is 7.43. The van der Waals surface area contributed by atoms with E-state index in [2.05, 4.69) is 20.5 Å². The number of primary amides is 1. The average Bonchev–Trinajstić information content (AvgIpc) is 3.26. The first kappa shape index (κ1) is 21.8. The molecule has 0 spiro atoms. The van der Waals surface area contributed by atoms with Crippen molar-refractivity contribution in [2.45, 2.75) is 12.5 Å². The molecule has 4 N–H and O–H groups in total. The molecule has 4 aromatic rings. The van der Waals surface area contributed by atoms with Gasteiger partial charge in [0, 0.05) is 18.8 Å². The highest BCUT2D eigenvalue weighted by molar-refractivity contribution is 6.06. The Morgan fingerprint density at radius 1 is 1.09 bits per heavy atom. The average molecular weight is 441 g/mol. The molecule has 4 rings (SSSR count). The minimum atomic E-state index is -0.865. The molecule has 1 atom stereocenters. The molecule has 2 amide bonds. The number of nitrogens with one attached hydrogen (secondary N) is 2. The normalized spacial score (nSPS) is 12.0. The highest BCUT2D eigenvalue weighted by atomic mass is 16.5. The smallest absolute Gasteiger partial charge is 0.255 e. The minimum absolute atomic E-state index is 0.282. The van der Waals surface area contributed by atoms with Crippen molar-refractivity contribution in [1.29, 1.82) is 0 Å². The Morgan fingerprint density at radius 3 is 2.55 bits per heavy atom. The first-order valence-electron chi connectivity index (χ1n) is 10.3. The Kier molecular flexibility index (Phi) is 6.45. The predicted octanol–water partition coefficient (Wildman–Crippen LogP) is 2.96. The minimum Gasteiger partial charge on any atom is -0.495 e. The maximum absolute atomic E-state index is 13.1. The highest BCUT2D eigenvalue weighted by Crippen LogP contribution is 2.32. The first-order valence-corrected chi connectivity index (χ1v) is 10.3. The summed E-state index contributed by atoms with van der Waals surface area (Å²) in [7, 11) is 1.49. The molecule has 8 nitrogen and oxygen atoms in total. The summed E-state index contributed by atoms with van der Waals surface area (Å²) in [5.74, 6) is -0.716. The summed E-state index contributed by atoms with van der Waals surface area (Å²) in [5, 5.41) is 10.7. The van der Waals surface area contributed by atoms with Crippen LogP contribution >= 0.6 is 0 Å². The first-order chi connectivity index (χ1) is 16.1. The van der Waals surface area contributed by atoms with E-state index in [0.717, 1.165) is 11.1 Å². The lowest BCUT2D eigenvalue weighted by Crippen LogP contribution is -2.45. The Bertz CT molecular complexity index is 1300. The van der Waals surface area contributed by atoms with Crippen LogP contribution in [0.5, 0.6) is 5.75 Å². The van der Waals surface area contributed by atoms with Gasteiger partial charge in [-0.25, -0.2) is 0 Å². The van der Waals surface area contributed by atoms with E-state index in [-0.39, 0.29) is 12.0 Å². The van der Waals surface area contributed by atoms with Crippen molar-refractivity contribution < 1.29 is 14.3 Å². The topological polar surface area (TPSA) is 123 Å². The molecule has 0 aliphatic carbocycles. The van der Waals surface area contributed by atoms with Gasteiger partial charge in [-0.1, -0.05) is 36.4 Å². The van der Waals surface area contributed by atoms with Crippen LogP contribution in [0.25, 0.3) is 23.1 Å². The summed E-state index contributed by atoms with van der Waals surface area (Å²) in [5.41, 5.74) is 9.02. The zero-order chi connectivity index (χ0) is 23.2. The number of pyridine rings is 1. The van der Waals surface area contributed by atoms with Crippen molar-refractivity contribution in [3.63, 3.8) is 0 Å². The summed E-state index contributed by atoms with van der Waals surface area (Å²) in [4.78, 5) is 29.2. The van der Waals surface area contributed by atoms with E-state index in [1.54, 1.807) is 24.5 Å². The molecule has 0 saturated carbocycles. The van der Waals surface area contributed by atoms with Crippen LogP contribution in [0.1, 0.15) is 27.2 Å². The van der Waals surface area contributed by atoms with Crippen LogP contribution in [0.3, 0.4) is 0 Å². The van der Waals surface area contributed by atoms with Crippen LogP contribution in [0.4, 0.5) is 0 Å². The Labute approximate surface area is 190 Å². The van der Waals surface area contributed by atoms with Crippen LogP contribution in [-0.2, 0) is 11.2 Å². The van der Waals surface area contributed by atoms with Gasteiger partial charge in [-0.2, -0.15) is 5.10 Å². The second-order valence-electron chi connectivity index (χ2n) is 7.41. The lowest BCUT2D eigenvalue weighted by atomic mass is 10.0. The number of aromatic amines is 1. The molecule has 2 heterocycles. The monoisotopic (exact) mass is 441 g/mol. The second kappa shape index (κ2) is 9.78. The third-order valence-corrected chi connectivity index (χ3v) is 5.23.